The molecule has 5 nitrogen and oxygen atoms in total. The van der Waals surface area contributed by atoms with Crippen molar-refractivity contribution in [3.63, 3.8) is 0 Å². The molecule has 3 N–H and O–H groups in total. The number of nitrogens with zero attached hydrogens (tertiary/aromatic N) is 1. The maximum Gasteiger partial charge on any atom is 0.335 e. The molecule has 1 fully saturated rings. The summed E-state index contributed by atoms with van der Waals surface area (Å²) in [5, 5.41) is 8.78. The number of carboxylic acids is 1. The van der Waals surface area contributed by atoms with E-state index in [1.807, 2.05) is 0 Å². The third-order valence-electron chi connectivity index (χ3n) is 2.64. The van der Waals surface area contributed by atoms with Gasteiger partial charge < -0.3 is 15.7 Å². The number of nitrogens with two attached hydrogens (primary N) is 1. The molecular formula is C11H12N2O3. The van der Waals surface area contributed by atoms with E-state index < -0.39 is 5.97 Å². The summed E-state index contributed by atoms with van der Waals surface area (Å²) in [6.07, 6.45) is 1.35. The van der Waals surface area contributed by atoms with E-state index in [1.165, 1.54) is 12.1 Å². The zero-order valence-corrected chi connectivity index (χ0v) is 8.64. The smallest absolute Gasteiger partial charge is 0.335 e. The van der Waals surface area contributed by atoms with Crippen molar-refractivity contribution in [1.29, 1.82) is 0 Å². The number of amides is 1. The summed E-state index contributed by atoms with van der Waals surface area (Å²) in [5.41, 5.74) is 6.81. The summed E-state index contributed by atoms with van der Waals surface area (Å²) >= 11 is 0. The average Bonchev–Trinajstić information content (AvgIpc) is 2.64. The van der Waals surface area contributed by atoms with Crippen molar-refractivity contribution in [2.75, 3.05) is 17.2 Å². The number of hydrogen-bond acceptors (Lipinski definition) is 3. The minimum atomic E-state index is -1.02. The molecule has 84 valence electrons. The van der Waals surface area contributed by atoms with Gasteiger partial charge in [0.15, 0.2) is 0 Å². The van der Waals surface area contributed by atoms with Gasteiger partial charge in [-0.3, -0.25) is 4.79 Å². The molecular weight excluding hydrogens is 208 g/mol. The molecule has 0 spiro atoms. The average molecular weight is 220 g/mol. The minimum Gasteiger partial charge on any atom is -0.478 e. The van der Waals surface area contributed by atoms with Gasteiger partial charge in [0.1, 0.15) is 0 Å². The van der Waals surface area contributed by atoms with E-state index >= 15 is 0 Å². The first-order chi connectivity index (χ1) is 7.59. The summed E-state index contributed by atoms with van der Waals surface area (Å²) < 4.78 is 0. The van der Waals surface area contributed by atoms with Crippen molar-refractivity contribution < 1.29 is 14.7 Å². The Hall–Kier alpha value is -2.04. The second kappa shape index (κ2) is 3.84. The predicted molar refractivity (Wildman–Crippen MR) is 59.4 cm³/mol. The Bertz CT molecular complexity index is 457. The number of hydrogen-bond donors (Lipinski definition) is 2. The van der Waals surface area contributed by atoms with Gasteiger partial charge in [-0.25, -0.2) is 4.79 Å². The van der Waals surface area contributed by atoms with E-state index in [9.17, 15) is 9.59 Å². The van der Waals surface area contributed by atoms with Gasteiger partial charge in [0.2, 0.25) is 5.91 Å². The number of carbonyl (C=O) groups is 2. The molecule has 0 unspecified atom stereocenters. The van der Waals surface area contributed by atoms with Gasteiger partial charge in [0, 0.05) is 13.0 Å². The highest BCUT2D eigenvalue weighted by atomic mass is 16.4. The fourth-order valence-electron chi connectivity index (χ4n) is 1.84. The van der Waals surface area contributed by atoms with E-state index in [2.05, 4.69) is 0 Å². The molecule has 1 amide bonds. The molecule has 1 saturated heterocycles. The number of carbonyl (C=O) groups excluding carboxylic acids is 1. The number of rotatable bonds is 2. The van der Waals surface area contributed by atoms with Crippen LogP contribution in [0, 0.1) is 0 Å². The first kappa shape index (κ1) is 10.5. The van der Waals surface area contributed by atoms with Gasteiger partial charge in [0.25, 0.3) is 0 Å². The lowest BCUT2D eigenvalue weighted by molar-refractivity contribution is -0.117. The van der Waals surface area contributed by atoms with Crippen LogP contribution in [-0.2, 0) is 4.79 Å². The van der Waals surface area contributed by atoms with Gasteiger partial charge in [-0.2, -0.15) is 0 Å². The lowest BCUT2D eigenvalue weighted by Gasteiger charge is -2.17. The lowest BCUT2D eigenvalue weighted by Crippen LogP contribution is -2.24. The Balaban J connectivity index is 2.36. The van der Waals surface area contributed by atoms with Gasteiger partial charge in [0.05, 0.1) is 16.9 Å². The van der Waals surface area contributed by atoms with Crippen molar-refractivity contribution in [3.8, 4) is 0 Å². The molecule has 16 heavy (non-hydrogen) atoms. The zero-order chi connectivity index (χ0) is 11.7. The third-order valence-corrected chi connectivity index (χ3v) is 2.64. The number of nitrogen functional groups attached to an aromatic ring is 1. The number of aromatic carboxylic acids is 1. The summed E-state index contributed by atoms with van der Waals surface area (Å²) in [4.78, 5) is 23.8. The number of carboxylic acid groups (broad SMARTS) is 1. The standard InChI is InChI=1S/C11H12N2O3/c12-8-6-7(11(15)16)3-4-9(8)13-5-1-2-10(13)14/h3-4,6H,1-2,5,12H2,(H,15,16). The molecule has 0 aliphatic carbocycles. The Morgan fingerprint density at radius 2 is 2.19 bits per heavy atom. The van der Waals surface area contributed by atoms with Crippen LogP contribution in [0.15, 0.2) is 18.2 Å². The Labute approximate surface area is 92.5 Å². The second-order valence-corrected chi connectivity index (χ2v) is 3.73. The van der Waals surface area contributed by atoms with Crippen molar-refractivity contribution in [2.45, 2.75) is 12.8 Å². The largest absolute Gasteiger partial charge is 0.478 e. The van der Waals surface area contributed by atoms with Gasteiger partial charge in [-0.1, -0.05) is 0 Å². The summed E-state index contributed by atoms with van der Waals surface area (Å²) in [6, 6.07) is 4.42. The summed E-state index contributed by atoms with van der Waals surface area (Å²) in [7, 11) is 0. The second-order valence-electron chi connectivity index (χ2n) is 3.73. The van der Waals surface area contributed by atoms with Crippen LogP contribution in [0.5, 0.6) is 0 Å². The first-order valence-electron chi connectivity index (χ1n) is 5.03. The van der Waals surface area contributed by atoms with E-state index in [0.29, 0.717) is 24.3 Å². The third kappa shape index (κ3) is 1.71. The van der Waals surface area contributed by atoms with Crippen LogP contribution in [0.2, 0.25) is 0 Å². The van der Waals surface area contributed by atoms with E-state index in [0.717, 1.165) is 6.42 Å². The highest BCUT2D eigenvalue weighted by Gasteiger charge is 2.23. The summed E-state index contributed by atoms with van der Waals surface area (Å²) in [5.74, 6) is -0.985. The Kier molecular flexibility index (Phi) is 2.52. The zero-order valence-electron chi connectivity index (χ0n) is 8.64. The van der Waals surface area contributed by atoms with Crippen molar-refractivity contribution in [3.05, 3.63) is 23.8 Å². The predicted octanol–water partition coefficient (Wildman–Crippen LogP) is 1.09. The van der Waals surface area contributed by atoms with E-state index in [4.69, 9.17) is 10.8 Å². The fraction of sp³-hybridized carbons (Fsp3) is 0.273. The Morgan fingerprint density at radius 3 is 2.69 bits per heavy atom. The molecule has 0 radical (unpaired) electrons. The highest BCUT2D eigenvalue weighted by Crippen LogP contribution is 2.28. The molecule has 5 heteroatoms. The molecule has 2 rings (SSSR count). The van der Waals surface area contributed by atoms with Crippen LogP contribution in [0.3, 0.4) is 0 Å². The maximum absolute atomic E-state index is 11.5. The molecule has 1 aromatic rings. The molecule has 0 saturated carbocycles. The van der Waals surface area contributed by atoms with Gasteiger partial charge in [-0.05, 0) is 24.6 Å². The van der Waals surface area contributed by atoms with Crippen LogP contribution < -0.4 is 10.6 Å². The molecule has 0 aromatic heterocycles. The molecule has 1 aliphatic heterocycles. The molecule has 1 aromatic carbocycles. The Morgan fingerprint density at radius 1 is 1.44 bits per heavy atom. The van der Waals surface area contributed by atoms with Crippen LogP contribution in [-0.4, -0.2) is 23.5 Å². The minimum absolute atomic E-state index is 0.0368. The molecule has 0 bridgehead atoms. The maximum atomic E-state index is 11.5. The number of benzene rings is 1. The van der Waals surface area contributed by atoms with Crippen LogP contribution in [0.1, 0.15) is 23.2 Å². The van der Waals surface area contributed by atoms with Crippen molar-refractivity contribution in [1.82, 2.24) is 0 Å². The van der Waals surface area contributed by atoms with Gasteiger partial charge >= 0.3 is 5.97 Å². The highest BCUT2D eigenvalue weighted by molar-refractivity contribution is 5.99. The lowest BCUT2D eigenvalue weighted by atomic mass is 10.1. The SMILES string of the molecule is Nc1cc(C(=O)O)ccc1N1CCCC1=O. The van der Waals surface area contributed by atoms with Crippen molar-refractivity contribution in [2.24, 2.45) is 0 Å². The summed E-state index contributed by atoms with van der Waals surface area (Å²) in [6.45, 7) is 0.648. The van der Waals surface area contributed by atoms with Crippen molar-refractivity contribution >= 4 is 23.3 Å². The van der Waals surface area contributed by atoms with Crippen LogP contribution in [0.4, 0.5) is 11.4 Å². The first-order valence-corrected chi connectivity index (χ1v) is 5.03. The van der Waals surface area contributed by atoms with Crippen LogP contribution in [0.25, 0.3) is 0 Å². The number of anilines is 2. The molecule has 1 heterocycles. The van der Waals surface area contributed by atoms with E-state index in [1.54, 1.807) is 11.0 Å². The van der Waals surface area contributed by atoms with Crippen LogP contribution >= 0.6 is 0 Å². The molecule has 0 atom stereocenters. The normalized spacial score (nSPS) is 15.5. The quantitative estimate of drug-likeness (QED) is 0.731. The topological polar surface area (TPSA) is 83.6 Å². The monoisotopic (exact) mass is 220 g/mol. The van der Waals surface area contributed by atoms with E-state index in [-0.39, 0.29) is 11.5 Å². The fourth-order valence-corrected chi connectivity index (χ4v) is 1.84. The van der Waals surface area contributed by atoms with Gasteiger partial charge in [-0.15, -0.1) is 0 Å². The molecule has 1 aliphatic rings.